The maximum atomic E-state index is 14.8. The molecule has 3 heterocycles. The third kappa shape index (κ3) is 16.3. The number of nitrogens with two attached hydrogens (primary N) is 2. The van der Waals surface area contributed by atoms with Crippen LogP contribution in [-0.4, -0.2) is 88.4 Å². The molecule has 0 bridgehead atoms. The van der Waals surface area contributed by atoms with Crippen LogP contribution in [0.3, 0.4) is 0 Å². The van der Waals surface area contributed by atoms with Crippen LogP contribution in [0.15, 0.2) is 69.0 Å². The molecule has 3 aromatic heterocycles. The number of azo groups is 2. The van der Waals surface area contributed by atoms with Gasteiger partial charge in [0.1, 0.15) is 0 Å². The molecule has 0 saturated carbocycles. The largest absolute Gasteiger partial charge is 0.467 e. The fraction of sp³-hybridized carbons (Fsp3) is 0.629. The standard InChI is InChI=1S/C62H97N15O3/c1-16-24-32-42(20-5)40-74(44(22-7)34-26-18-3)56(78)46-36-28-30-38-48(46)68-70-50-52(61(9,10)11)72-76(54(50)63)58-65-59(67-60(66-58)80-15)77-55(64)51(53(73-77)62(12,13)14)71-69-49-39-31-29-37-47(49)57(79)75(45(23-8)35-27-19-4)41-43(21-6)33-25-17-2/h28-31,36-39,42-45H,16-27,32-35,40-41,63-64H2,1-15H3. The molecule has 0 aliphatic carbocycles. The quantitative estimate of drug-likeness (QED) is 0.0399. The van der Waals surface area contributed by atoms with Crippen LogP contribution in [0.4, 0.5) is 34.4 Å². The van der Waals surface area contributed by atoms with Crippen molar-refractivity contribution in [1.82, 2.24) is 44.3 Å². The van der Waals surface area contributed by atoms with Crippen molar-refractivity contribution in [2.75, 3.05) is 31.7 Å². The minimum absolute atomic E-state index is 0.00506. The van der Waals surface area contributed by atoms with Crippen LogP contribution in [-0.2, 0) is 10.8 Å². The maximum absolute atomic E-state index is 14.8. The first kappa shape index (κ1) is 64.2. The number of hydrogen-bond donors (Lipinski definition) is 2. The van der Waals surface area contributed by atoms with E-state index in [1.165, 1.54) is 16.5 Å². The molecule has 18 heteroatoms. The number of carbonyl (C=O) groups is 2. The lowest BCUT2D eigenvalue weighted by atomic mass is 9.91. The van der Waals surface area contributed by atoms with E-state index in [4.69, 9.17) is 51.8 Å². The highest BCUT2D eigenvalue weighted by molar-refractivity contribution is 6.00. The second-order valence-electron chi connectivity index (χ2n) is 23.5. The third-order valence-corrected chi connectivity index (χ3v) is 15.3. The van der Waals surface area contributed by atoms with Gasteiger partial charge >= 0.3 is 6.01 Å². The number of ether oxygens (including phenoxy) is 1. The number of benzene rings is 2. The molecule has 2 amide bonds. The zero-order valence-electron chi connectivity index (χ0n) is 51.3. The number of nitrogens with zero attached hydrogens (tertiary/aromatic N) is 13. The number of rotatable bonds is 31. The van der Waals surface area contributed by atoms with Crippen LogP contribution in [0.2, 0.25) is 0 Å². The smallest absolute Gasteiger partial charge is 0.322 e. The molecule has 5 aromatic rings. The summed E-state index contributed by atoms with van der Waals surface area (Å²) >= 11 is 0. The van der Waals surface area contributed by atoms with E-state index < -0.39 is 10.8 Å². The Morgan fingerprint density at radius 3 is 1.23 bits per heavy atom. The van der Waals surface area contributed by atoms with E-state index >= 15 is 0 Å². The first-order valence-electron chi connectivity index (χ1n) is 30.0. The lowest BCUT2D eigenvalue weighted by Crippen LogP contribution is -2.43. The molecule has 80 heavy (non-hydrogen) atoms. The summed E-state index contributed by atoms with van der Waals surface area (Å²) in [4.78, 5) is 47.9. The second kappa shape index (κ2) is 30.3. The molecule has 0 spiro atoms. The maximum Gasteiger partial charge on any atom is 0.322 e. The van der Waals surface area contributed by atoms with Crippen molar-refractivity contribution in [2.45, 2.75) is 223 Å². The summed E-state index contributed by atoms with van der Waals surface area (Å²) in [6.07, 6.45) is 16.4. The van der Waals surface area contributed by atoms with Gasteiger partial charge < -0.3 is 26.0 Å². The van der Waals surface area contributed by atoms with Crippen molar-refractivity contribution in [3.8, 4) is 17.9 Å². The first-order chi connectivity index (χ1) is 38.2. The number of nitrogen functional groups attached to an aromatic ring is 2. The fourth-order valence-corrected chi connectivity index (χ4v) is 10.2. The molecule has 0 radical (unpaired) electrons. The summed E-state index contributed by atoms with van der Waals surface area (Å²) in [6.45, 7) is 31.0. The van der Waals surface area contributed by atoms with Gasteiger partial charge in [0, 0.05) is 36.0 Å². The Bertz CT molecular complexity index is 2640. The summed E-state index contributed by atoms with van der Waals surface area (Å²) in [6, 6.07) is 14.9. The van der Waals surface area contributed by atoms with E-state index in [1.807, 2.05) is 90.1 Å². The minimum atomic E-state index is -0.587. The van der Waals surface area contributed by atoms with Crippen LogP contribution >= 0.6 is 0 Å². The molecule has 0 aliphatic rings. The Kier molecular flexibility index (Phi) is 24.3. The van der Waals surface area contributed by atoms with Crippen LogP contribution in [0.5, 0.6) is 6.01 Å². The van der Waals surface area contributed by atoms with Gasteiger partial charge in [-0.2, -0.15) is 34.5 Å². The van der Waals surface area contributed by atoms with Crippen molar-refractivity contribution < 1.29 is 14.3 Å². The van der Waals surface area contributed by atoms with Crippen molar-refractivity contribution in [3.05, 3.63) is 71.0 Å². The molecule has 4 atom stereocenters. The molecule has 0 fully saturated rings. The molecular formula is C62H97N15O3. The van der Waals surface area contributed by atoms with Gasteiger partial charge in [-0.3, -0.25) is 9.59 Å². The van der Waals surface area contributed by atoms with E-state index in [9.17, 15) is 9.59 Å². The summed E-state index contributed by atoms with van der Waals surface area (Å²) in [5.41, 5.74) is 16.3. The highest BCUT2D eigenvalue weighted by Crippen LogP contribution is 2.41. The number of methoxy groups -OCH3 is 1. The average Bonchev–Trinajstić information content (AvgIpc) is 4.05. The normalized spacial score (nSPS) is 13.7. The Balaban J connectivity index is 1.59. The minimum Gasteiger partial charge on any atom is -0.467 e. The van der Waals surface area contributed by atoms with Crippen molar-refractivity contribution in [3.63, 3.8) is 0 Å². The molecule has 4 unspecified atom stereocenters. The highest BCUT2D eigenvalue weighted by atomic mass is 16.5. The Labute approximate surface area is 478 Å². The van der Waals surface area contributed by atoms with Gasteiger partial charge in [0.05, 0.1) is 41.0 Å². The van der Waals surface area contributed by atoms with Gasteiger partial charge in [-0.05, 0) is 74.6 Å². The third-order valence-electron chi connectivity index (χ3n) is 15.3. The monoisotopic (exact) mass is 1100 g/mol. The number of hydrogen-bond acceptors (Lipinski definition) is 14. The van der Waals surface area contributed by atoms with Crippen LogP contribution in [0.1, 0.15) is 232 Å². The predicted molar refractivity (Wildman–Crippen MR) is 324 cm³/mol. The van der Waals surface area contributed by atoms with E-state index in [0.29, 0.717) is 70.2 Å². The van der Waals surface area contributed by atoms with E-state index in [-0.39, 0.29) is 53.4 Å². The van der Waals surface area contributed by atoms with Crippen molar-refractivity contribution >= 4 is 46.2 Å². The predicted octanol–water partition coefficient (Wildman–Crippen LogP) is 16.1. The van der Waals surface area contributed by atoms with Gasteiger partial charge in [-0.1, -0.05) is 185 Å². The lowest BCUT2D eigenvalue weighted by molar-refractivity contribution is 0.0607. The highest BCUT2D eigenvalue weighted by Gasteiger charge is 2.33. The number of carbonyl (C=O) groups excluding carboxylic acids is 2. The van der Waals surface area contributed by atoms with Crippen molar-refractivity contribution in [1.29, 1.82) is 0 Å². The zero-order chi connectivity index (χ0) is 58.7. The second-order valence-corrected chi connectivity index (χ2v) is 23.5. The Morgan fingerprint density at radius 2 is 0.900 bits per heavy atom. The SMILES string of the molecule is CCCCC(CC)CN(C(=O)c1ccccc1N=Nc1c(C(C)(C)C)nn(-c2nc(OC)nc(-n3nc(C(C)(C)C)c(N=Nc4ccccc4C(=O)N(CC(CC)CCCC)C(CC)CCCC)c3N)n2)c1N)C(CC)CCCC. The van der Waals surface area contributed by atoms with Crippen molar-refractivity contribution in [2.24, 2.45) is 32.3 Å². The summed E-state index contributed by atoms with van der Waals surface area (Å²) < 4.78 is 8.41. The molecule has 4 N–H and O–H groups in total. The van der Waals surface area contributed by atoms with Gasteiger partial charge in [-0.15, -0.1) is 20.5 Å². The number of aromatic nitrogens is 7. The molecule has 18 nitrogen and oxygen atoms in total. The van der Waals surface area contributed by atoms with Gasteiger partial charge in [0.25, 0.3) is 23.7 Å². The molecule has 5 rings (SSSR count). The van der Waals surface area contributed by atoms with Gasteiger partial charge in [-0.25, -0.2) is 0 Å². The summed E-state index contributed by atoms with van der Waals surface area (Å²) in [7, 11) is 1.45. The first-order valence-corrected chi connectivity index (χ1v) is 30.0. The number of anilines is 2. The Morgan fingerprint density at radius 1 is 0.537 bits per heavy atom. The van der Waals surface area contributed by atoms with Crippen LogP contribution in [0, 0.1) is 11.8 Å². The topological polar surface area (TPSA) is 226 Å². The van der Waals surface area contributed by atoms with Gasteiger partial charge in [0.15, 0.2) is 23.0 Å². The lowest BCUT2D eigenvalue weighted by Gasteiger charge is -2.34. The zero-order valence-corrected chi connectivity index (χ0v) is 51.3. The molecule has 0 saturated heterocycles. The van der Waals surface area contributed by atoms with Crippen LogP contribution in [0.25, 0.3) is 11.9 Å². The Hall–Kier alpha value is -6.59. The fourth-order valence-electron chi connectivity index (χ4n) is 10.2. The van der Waals surface area contributed by atoms with E-state index in [0.717, 1.165) is 103 Å². The van der Waals surface area contributed by atoms with E-state index in [1.54, 1.807) is 0 Å². The van der Waals surface area contributed by atoms with Crippen LogP contribution < -0.4 is 16.2 Å². The number of amides is 2. The summed E-state index contributed by atoms with van der Waals surface area (Å²) in [5, 5.41) is 29.0. The molecule has 0 aliphatic heterocycles. The van der Waals surface area contributed by atoms with E-state index in [2.05, 4.69) is 75.2 Å². The summed E-state index contributed by atoms with van der Waals surface area (Å²) in [5.74, 6) is 0.892. The number of unbranched alkanes of at least 4 members (excludes halogenated alkanes) is 4. The molecule has 2 aromatic carbocycles. The average molecular weight is 1100 g/mol. The van der Waals surface area contributed by atoms with Gasteiger partial charge in [0.2, 0.25) is 0 Å². The molecule has 438 valence electrons. The molecular weight excluding hydrogens is 1000 g/mol.